The molecule has 0 fully saturated rings. The average molecular weight is 372 g/mol. The number of amides is 1. The smallest absolute Gasteiger partial charge is 0.406 e. The van der Waals surface area contributed by atoms with Crippen LogP contribution >= 0.6 is 34.8 Å². The van der Waals surface area contributed by atoms with Crippen LogP contribution in [0, 0.1) is 0 Å². The van der Waals surface area contributed by atoms with Crippen molar-refractivity contribution in [2.75, 3.05) is 26.0 Å². The molecule has 0 saturated heterocycles. The molecule has 1 aromatic heterocycles. The van der Waals surface area contributed by atoms with E-state index in [2.05, 4.69) is 10.3 Å². The highest BCUT2D eigenvalue weighted by Crippen LogP contribution is 2.32. The molecule has 7 nitrogen and oxygen atoms in total. The molecule has 0 spiro atoms. The fraction of sp³-hybridized carbons (Fsp3) is 0.417. The molecule has 10 heteroatoms. The lowest BCUT2D eigenvalue weighted by Crippen LogP contribution is -2.38. The van der Waals surface area contributed by atoms with Gasteiger partial charge in [-0.2, -0.15) is 4.98 Å². The van der Waals surface area contributed by atoms with Crippen molar-refractivity contribution in [2.45, 2.75) is 13.0 Å². The average Bonchev–Trinajstić information content (AvgIpc) is 2.48. The van der Waals surface area contributed by atoms with Gasteiger partial charge in [-0.15, -0.1) is 0 Å². The Morgan fingerprint density at radius 2 is 1.95 bits per heavy atom. The van der Waals surface area contributed by atoms with Gasteiger partial charge in [-0.05, 0) is 18.5 Å². The summed E-state index contributed by atoms with van der Waals surface area (Å²) in [5.41, 5.74) is 5.37. The number of halogens is 3. The molecule has 0 radical (unpaired) electrons. The van der Waals surface area contributed by atoms with Crippen LogP contribution in [0.15, 0.2) is 0 Å². The molecule has 1 amide bonds. The van der Waals surface area contributed by atoms with E-state index in [4.69, 9.17) is 50.0 Å². The number of hydrogen-bond donors (Lipinski definition) is 2. The van der Waals surface area contributed by atoms with Gasteiger partial charge in [0.05, 0.1) is 12.3 Å². The summed E-state index contributed by atoms with van der Waals surface area (Å²) < 4.78 is 9.78. The van der Waals surface area contributed by atoms with Gasteiger partial charge in [-0.1, -0.05) is 23.2 Å². The number of rotatable bonds is 6. The molecule has 0 unspecified atom stereocenters. The predicted octanol–water partition coefficient (Wildman–Crippen LogP) is 1.35. The molecule has 4 N–H and O–H groups in total. The monoisotopic (exact) mass is 370 g/mol. The second-order valence-corrected chi connectivity index (χ2v) is 5.32. The fourth-order valence-electron chi connectivity index (χ4n) is 1.40. The van der Waals surface area contributed by atoms with Crippen LogP contribution in [-0.2, 0) is 14.3 Å². The fourth-order valence-corrected chi connectivity index (χ4v) is 2.01. The number of ether oxygens (including phenoxy) is 2. The van der Waals surface area contributed by atoms with E-state index in [0.29, 0.717) is 13.2 Å². The van der Waals surface area contributed by atoms with Gasteiger partial charge in [0.2, 0.25) is 0 Å². The van der Waals surface area contributed by atoms with Gasteiger partial charge in [0, 0.05) is 13.7 Å². The molecule has 1 atom stereocenters. The molecule has 1 aromatic rings. The molecule has 1 rings (SSSR count). The second kappa shape index (κ2) is 8.38. The highest BCUT2D eigenvalue weighted by molar-refractivity contribution is 6.45. The first-order chi connectivity index (χ1) is 10.3. The van der Waals surface area contributed by atoms with Crippen LogP contribution in [0.5, 0.6) is 0 Å². The van der Waals surface area contributed by atoms with Crippen molar-refractivity contribution in [1.82, 2.24) is 5.32 Å². The Labute approximate surface area is 142 Å². The topological polar surface area (TPSA) is 105 Å². The number of nitrogens with two attached hydrogens (primary N) is 1. The van der Waals surface area contributed by atoms with Gasteiger partial charge >= 0.3 is 11.7 Å². The number of nitrogens with one attached hydrogen (secondary N) is 2. The normalized spacial score (nSPS) is 11.9. The van der Waals surface area contributed by atoms with E-state index in [0.717, 1.165) is 0 Å². The summed E-state index contributed by atoms with van der Waals surface area (Å²) in [5, 5.41) is 2.33. The minimum absolute atomic E-state index is 0.00595. The molecule has 0 aliphatic heterocycles. The summed E-state index contributed by atoms with van der Waals surface area (Å²) in [6.45, 7) is 2.05. The Morgan fingerprint density at radius 3 is 2.55 bits per heavy atom. The van der Waals surface area contributed by atoms with Crippen LogP contribution in [0.3, 0.4) is 0 Å². The van der Waals surface area contributed by atoms with E-state index in [1.807, 2.05) is 0 Å². The highest BCUT2D eigenvalue weighted by atomic mass is 35.5. The van der Waals surface area contributed by atoms with Crippen molar-refractivity contribution in [3.8, 4) is 0 Å². The van der Waals surface area contributed by atoms with E-state index < -0.39 is 18.0 Å². The number of aromatic nitrogens is 1. The summed E-state index contributed by atoms with van der Waals surface area (Å²) in [7, 11) is 1.50. The highest BCUT2D eigenvalue weighted by Gasteiger charge is 2.29. The number of nitrogen functional groups attached to an aromatic ring is 1. The van der Waals surface area contributed by atoms with Crippen LogP contribution in [-0.4, -0.2) is 38.2 Å². The molecule has 0 bridgehead atoms. The van der Waals surface area contributed by atoms with E-state index in [1.165, 1.54) is 14.0 Å². The number of hydrogen-bond acceptors (Lipinski definition) is 5. The standard InChI is InChI=1S/C12H14Cl3N3O4/c1-5(11(19)17-3-4-21-2)22-12(20)9-6(13)8(16)7(14)10(15)18-9/h5H,3-4H2,1-2H3,(H2,16,18)(H,17,19)/p+1/t5-/m1/s1. The summed E-state index contributed by atoms with van der Waals surface area (Å²) in [4.78, 5) is 26.2. The predicted molar refractivity (Wildman–Crippen MR) is 82.2 cm³/mol. The van der Waals surface area contributed by atoms with Crippen molar-refractivity contribution in [1.29, 1.82) is 0 Å². The van der Waals surface area contributed by atoms with Gasteiger partial charge in [0.15, 0.2) is 6.10 Å². The summed E-state index contributed by atoms with van der Waals surface area (Å²) in [6, 6.07) is 0. The van der Waals surface area contributed by atoms with Gasteiger partial charge in [-0.3, -0.25) is 4.79 Å². The van der Waals surface area contributed by atoms with Crippen molar-refractivity contribution in [2.24, 2.45) is 0 Å². The zero-order valence-electron chi connectivity index (χ0n) is 11.8. The molecular weight excluding hydrogens is 357 g/mol. The van der Waals surface area contributed by atoms with Crippen LogP contribution in [0.4, 0.5) is 5.69 Å². The van der Waals surface area contributed by atoms with Crippen molar-refractivity contribution >= 4 is 52.4 Å². The number of esters is 1. The first-order valence-electron chi connectivity index (χ1n) is 6.12. The number of anilines is 1. The Hall–Kier alpha value is -1.28. The molecular formula is C12H15Cl3N3O4+. The first-order valence-corrected chi connectivity index (χ1v) is 7.25. The molecule has 22 heavy (non-hydrogen) atoms. The third-order valence-corrected chi connectivity index (χ3v) is 3.75. The Bertz CT molecular complexity index is 583. The lowest BCUT2D eigenvalue weighted by atomic mass is 10.3. The molecule has 0 aliphatic carbocycles. The lowest BCUT2D eigenvalue weighted by molar-refractivity contribution is -0.380. The maximum atomic E-state index is 12.0. The number of carbonyl (C=O) groups excluding carboxylic acids is 2. The van der Waals surface area contributed by atoms with E-state index >= 15 is 0 Å². The van der Waals surface area contributed by atoms with Crippen LogP contribution in [0.25, 0.3) is 0 Å². The van der Waals surface area contributed by atoms with Crippen molar-refractivity contribution in [3.05, 3.63) is 20.9 Å². The molecule has 0 aliphatic rings. The number of H-pyrrole nitrogens is 1. The number of aromatic amines is 1. The Kier molecular flexibility index (Phi) is 7.15. The summed E-state index contributed by atoms with van der Waals surface area (Å²) >= 11 is 17.5. The largest absolute Gasteiger partial charge is 0.445 e. The third-order valence-electron chi connectivity index (χ3n) is 2.58. The zero-order valence-corrected chi connectivity index (χ0v) is 14.1. The SMILES string of the molecule is COCCNC(=O)[C@@H](C)OC(=O)c1[nH+]c(Cl)c(Cl)c(N)c1Cl. The van der Waals surface area contributed by atoms with Crippen LogP contribution in [0.1, 0.15) is 17.4 Å². The van der Waals surface area contributed by atoms with E-state index in [1.54, 1.807) is 0 Å². The van der Waals surface area contributed by atoms with Crippen LogP contribution in [0.2, 0.25) is 15.2 Å². The summed E-state index contributed by atoms with van der Waals surface area (Å²) in [5.74, 6) is -1.36. The minimum atomic E-state index is -1.04. The minimum Gasteiger partial charge on any atom is -0.445 e. The third kappa shape index (κ3) is 4.61. The molecule has 0 aromatic carbocycles. The quantitative estimate of drug-likeness (QED) is 0.446. The Balaban J connectivity index is 2.79. The van der Waals surface area contributed by atoms with Gasteiger partial charge < -0.3 is 20.5 Å². The maximum absolute atomic E-state index is 12.0. The van der Waals surface area contributed by atoms with Crippen molar-refractivity contribution < 1.29 is 24.0 Å². The van der Waals surface area contributed by atoms with E-state index in [9.17, 15) is 9.59 Å². The Morgan fingerprint density at radius 1 is 1.32 bits per heavy atom. The van der Waals surface area contributed by atoms with Crippen LogP contribution < -0.4 is 16.0 Å². The van der Waals surface area contributed by atoms with Gasteiger partial charge in [0.1, 0.15) is 10.0 Å². The first kappa shape index (κ1) is 18.8. The number of carbonyl (C=O) groups is 2. The second-order valence-electron chi connectivity index (χ2n) is 4.19. The number of methoxy groups -OCH3 is 1. The van der Waals surface area contributed by atoms with E-state index in [-0.39, 0.29) is 26.6 Å². The summed E-state index contributed by atoms with van der Waals surface area (Å²) in [6.07, 6.45) is -1.04. The number of pyridine rings is 1. The molecule has 122 valence electrons. The maximum Gasteiger partial charge on any atom is 0.406 e. The van der Waals surface area contributed by atoms with Crippen molar-refractivity contribution in [3.63, 3.8) is 0 Å². The zero-order chi connectivity index (χ0) is 16.9. The lowest BCUT2D eigenvalue weighted by Gasteiger charge is -2.12. The van der Waals surface area contributed by atoms with Gasteiger partial charge in [0.25, 0.3) is 11.1 Å². The van der Waals surface area contributed by atoms with Gasteiger partial charge in [-0.25, -0.2) is 4.79 Å². The molecule has 0 saturated carbocycles. The molecule has 1 heterocycles.